The Morgan fingerprint density at radius 2 is 1.97 bits per heavy atom. The number of rotatable bonds is 11. The minimum absolute atomic E-state index is 0.157. The van der Waals surface area contributed by atoms with Crippen molar-refractivity contribution < 1.29 is 14.4 Å². The van der Waals surface area contributed by atoms with E-state index in [0.717, 1.165) is 57.8 Å². The van der Waals surface area contributed by atoms with Gasteiger partial charge in [-0.25, -0.2) is 15.0 Å². The zero-order valence-electron chi connectivity index (χ0n) is 16.9. The topological polar surface area (TPSA) is 112 Å². The van der Waals surface area contributed by atoms with Crippen molar-refractivity contribution in [1.29, 1.82) is 0 Å². The Kier molecular flexibility index (Phi) is 7.88. The monoisotopic (exact) mass is 403 g/mol. The highest BCUT2D eigenvalue weighted by Crippen LogP contribution is 2.23. The summed E-state index contributed by atoms with van der Waals surface area (Å²) in [6, 6.07) is 1.81. The Labute approximate surface area is 170 Å². The molecule has 1 N–H and O–H groups in total. The van der Waals surface area contributed by atoms with Gasteiger partial charge in [0.05, 0.1) is 19.0 Å². The van der Waals surface area contributed by atoms with Crippen LogP contribution in [0.1, 0.15) is 50.3 Å². The summed E-state index contributed by atoms with van der Waals surface area (Å²) in [6.45, 7) is 6.25. The standard InChI is InChI=1S/C19H29N7O3/c1-2-3-4-6-16(13-26(28)15-27)18-23-22-17(29-18)14-24-9-11-25(12-10-24)19-20-7-5-8-21-19/h5,7-8,15-16,28H,2-4,6,9-14H2,1H3. The lowest BCUT2D eigenvalue weighted by molar-refractivity contribution is -0.151. The number of aromatic nitrogens is 4. The third kappa shape index (κ3) is 6.20. The third-order valence-electron chi connectivity index (χ3n) is 5.08. The fourth-order valence-electron chi connectivity index (χ4n) is 3.45. The molecule has 0 bridgehead atoms. The molecule has 1 atom stereocenters. The van der Waals surface area contributed by atoms with Crippen molar-refractivity contribution in [3.8, 4) is 0 Å². The van der Waals surface area contributed by atoms with Gasteiger partial charge in [-0.15, -0.1) is 10.2 Å². The molecule has 10 heteroatoms. The molecule has 1 unspecified atom stereocenters. The number of amides is 1. The summed E-state index contributed by atoms with van der Waals surface area (Å²) in [4.78, 5) is 23.8. The van der Waals surface area contributed by atoms with Crippen LogP contribution in [-0.4, -0.2) is 74.5 Å². The van der Waals surface area contributed by atoms with E-state index < -0.39 is 0 Å². The van der Waals surface area contributed by atoms with Gasteiger partial charge in [0, 0.05) is 38.6 Å². The van der Waals surface area contributed by atoms with E-state index in [4.69, 9.17) is 4.42 Å². The van der Waals surface area contributed by atoms with E-state index in [0.29, 0.717) is 29.8 Å². The van der Waals surface area contributed by atoms with Crippen molar-refractivity contribution in [2.24, 2.45) is 0 Å². The van der Waals surface area contributed by atoms with Gasteiger partial charge >= 0.3 is 0 Å². The van der Waals surface area contributed by atoms with E-state index in [1.165, 1.54) is 0 Å². The maximum absolute atomic E-state index is 10.8. The molecule has 0 aromatic carbocycles. The number of carbonyl (C=O) groups excluding carboxylic acids is 1. The molecule has 0 radical (unpaired) electrons. The molecule has 1 aliphatic rings. The molecule has 158 valence electrons. The highest BCUT2D eigenvalue weighted by atomic mass is 16.5. The molecule has 1 amide bonds. The molecule has 0 saturated carbocycles. The van der Waals surface area contributed by atoms with Crippen LogP contribution in [0.2, 0.25) is 0 Å². The van der Waals surface area contributed by atoms with Gasteiger partial charge in [-0.2, -0.15) is 0 Å². The molecule has 1 fully saturated rings. The number of carbonyl (C=O) groups is 1. The highest BCUT2D eigenvalue weighted by Gasteiger charge is 2.23. The van der Waals surface area contributed by atoms with Crippen molar-refractivity contribution in [1.82, 2.24) is 30.1 Å². The molecule has 2 aromatic heterocycles. The number of nitrogens with zero attached hydrogens (tertiary/aromatic N) is 7. The van der Waals surface area contributed by atoms with E-state index >= 15 is 0 Å². The molecule has 10 nitrogen and oxygen atoms in total. The summed E-state index contributed by atoms with van der Waals surface area (Å²) < 4.78 is 5.88. The Bertz CT molecular complexity index is 734. The summed E-state index contributed by atoms with van der Waals surface area (Å²) in [6.07, 6.45) is 7.86. The minimum atomic E-state index is -0.162. The fourth-order valence-corrected chi connectivity index (χ4v) is 3.45. The van der Waals surface area contributed by atoms with Crippen molar-refractivity contribution in [2.45, 2.75) is 45.1 Å². The van der Waals surface area contributed by atoms with Gasteiger partial charge in [-0.05, 0) is 12.5 Å². The lowest BCUT2D eigenvalue weighted by atomic mass is 10.0. The third-order valence-corrected chi connectivity index (χ3v) is 5.08. The number of hydrogen-bond donors (Lipinski definition) is 1. The molecule has 29 heavy (non-hydrogen) atoms. The highest BCUT2D eigenvalue weighted by molar-refractivity contribution is 5.44. The predicted molar refractivity (Wildman–Crippen MR) is 105 cm³/mol. The minimum Gasteiger partial charge on any atom is -0.424 e. The van der Waals surface area contributed by atoms with Crippen LogP contribution >= 0.6 is 0 Å². The molecule has 2 aromatic rings. The maximum atomic E-state index is 10.8. The first-order valence-corrected chi connectivity index (χ1v) is 10.2. The van der Waals surface area contributed by atoms with Gasteiger partial charge in [0.2, 0.25) is 24.1 Å². The van der Waals surface area contributed by atoms with Gasteiger partial charge in [-0.1, -0.05) is 26.2 Å². The quantitative estimate of drug-likeness (QED) is 0.259. The second-order valence-electron chi connectivity index (χ2n) is 7.27. The number of unbranched alkanes of at least 4 members (excludes halogenated alkanes) is 2. The largest absolute Gasteiger partial charge is 0.424 e. The fraction of sp³-hybridized carbons (Fsp3) is 0.632. The van der Waals surface area contributed by atoms with Crippen molar-refractivity contribution >= 4 is 12.4 Å². The molecule has 0 spiro atoms. The molecular weight excluding hydrogens is 374 g/mol. The van der Waals surface area contributed by atoms with Gasteiger partial charge < -0.3 is 9.32 Å². The molecule has 3 rings (SSSR count). The lowest BCUT2D eigenvalue weighted by Crippen LogP contribution is -2.46. The van der Waals surface area contributed by atoms with Crippen LogP contribution in [0.3, 0.4) is 0 Å². The Balaban J connectivity index is 1.54. The van der Waals surface area contributed by atoms with Crippen LogP contribution < -0.4 is 4.90 Å². The van der Waals surface area contributed by atoms with Gasteiger partial charge in [-0.3, -0.25) is 14.9 Å². The zero-order chi connectivity index (χ0) is 20.5. The summed E-state index contributed by atoms with van der Waals surface area (Å²) in [7, 11) is 0. The normalized spacial score (nSPS) is 16.0. The van der Waals surface area contributed by atoms with E-state index in [1.807, 2.05) is 6.07 Å². The molecule has 1 aliphatic heterocycles. The Hall–Kier alpha value is -2.59. The van der Waals surface area contributed by atoms with Gasteiger partial charge in [0.25, 0.3) is 0 Å². The van der Waals surface area contributed by atoms with E-state index in [9.17, 15) is 10.0 Å². The molecule has 0 aliphatic carbocycles. The number of hydrogen-bond acceptors (Lipinski definition) is 9. The van der Waals surface area contributed by atoms with Crippen molar-refractivity contribution in [2.75, 3.05) is 37.6 Å². The van der Waals surface area contributed by atoms with Crippen LogP contribution in [0.15, 0.2) is 22.9 Å². The first-order chi connectivity index (χ1) is 14.2. The smallest absolute Gasteiger partial charge is 0.233 e. The second kappa shape index (κ2) is 10.8. The number of anilines is 1. The number of piperazine rings is 1. The maximum Gasteiger partial charge on any atom is 0.233 e. The van der Waals surface area contributed by atoms with Crippen LogP contribution in [0.5, 0.6) is 0 Å². The molecule has 1 saturated heterocycles. The predicted octanol–water partition coefficient (Wildman–Crippen LogP) is 1.69. The van der Waals surface area contributed by atoms with Crippen LogP contribution in [0.25, 0.3) is 0 Å². The van der Waals surface area contributed by atoms with Crippen molar-refractivity contribution in [3.63, 3.8) is 0 Å². The first-order valence-electron chi connectivity index (χ1n) is 10.2. The van der Waals surface area contributed by atoms with E-state index in [-0.39, 0.29) is 12.5 Å². The van der Waals surface area contributed by atoms with Crippen LogP contribution in [0.4, 0.5) is 5.95 Å². The Morgan fingerprint density at radius 3 is 2.66 bits per heavy atom. The summed E-state index contributed by atoms with van der Waals surface area (Å²) >= 11 is 0. The molecule has 3 heterocycles. The SMILES string of the molecule is CCCCCC(CN(O)C=O)c1nnc(CN2CCN(c3ncccn3)CC2)o1. The number of hydroxylamine groups is 2. The zero-order valence-corrected chi connectivity index (χ0v) is 16.9. The first kappa shape index (κ1) is 21.1. The van der Waals surface area contributed by atoms with Crippen LogP contribution in [-0.2, 0) is 11.3 Å². The Morgan fingerprint density at radius 1 is 1.21 bits per heavy atom. The average molecular weight is 403 g/mol. The van der Waals surface area contributed by atoms with E-state index in [2.05, 4.69) is 36.9 Å². The second-order valence-corrected chi connectivity index (χ2v) is 7.27. The van der Waals surface area contributed by atoms with E-state index in [1.54, 1.807) is 12.4 Å². The summed E-state index contributed by atoms with van der Waals surface area (Å²) in [5, 5.41) is 18.6. The van der Waals surface area contributed by atoms with Gasteiger partial charge in [0.1, 0.15) is 0 Å². The lowest BCUT2D eigenvalue weighted by Gasteiger charge is -2.33. The van der Waals surface area contributed by atoms with Gasteiger partial charge in [0.15, 0.2) is 0 Å². The summed E-state index contributed by atoms with van der Waals surface area (Å²) in [5.74, 6) is 1.63. The summed E-state index contributed by atoms with van der Waals surface area (Å²) in [5.41, 5.74) is 0. The van der Waals surface area contributed by atoms with Crippen LogP contribution in [0, 0.1) is 0 Å². The van der Waals surface area contributed by atoms with Crippen molar-refractivity contribution in [3.05, 3.63) is 30.2 Å². The average Bonchev–Trinajstić information content (AvgIpc) is 3.22. The molecular formula is C19H29N7O3.